The molecule has 0 aliphatic carbocycles. The lowest BCUT2D eigenvalue weighted by Gasteiger charge is -2.39. The van der Waals surface area contributed by atoms with Gasteiger partial charge in [0.05, 0.1) is 9.75 Å². The highest BCUT2D eigenvalue weighted by Gasteiger charge is 2.62. The number of carbonyl (C=O) groups is 10. The zero-order valence-corrected chi connectivity index (χ0v) is 56.4. The third-order valence-electron chi connectivity index (χ3n) is 16.9. The van der Waals surface area contributed by atoms with E-state index in [1.807, 2.05) is 0 Å². The van der Waals surface area contributed by atoms with E-state index in [0.717, 1.165) is 22.7 Å². The largest absolute Gasteiger partial charge is 0.458 e. The molecule has 13 rings (SSSR count). The molecule has 0 spiro atoms. The Morgan fingerprint density at radius 3 is 0.913 bits per heavy atom. The van der Waals surface area contributed by atoms with Crippen LogP contribution in [-0.4, -0.2) is 80.9 Å². The van der Waals surface area contributed by atoms with Crippen LogP contribution in [-0.2, 0) is 118 Å². The summed E-state index contributed by atoms with van der Waals surface area (Å²) in [4.78, 5) is 158. The summed E-state index contributed by atoms with van der Waals surface area (Å²) in [6, 6.07) is 58.8. The summed E-state index contributed by atoms with van der Waals surface area (Å²) >= 11 is 1.49. The third-order valence-corrected chi connectivity index (χ3v) is 18.9. The first kappa shape index (κ1) is 68.9. The number of thiophene rings is 2. The topological polar surface area (TPSA) is 323 Å². The SMILES string of the molecule is CC1=C(C#N)C(=O)N(C(=O)OCc2ccccc2)C(=O)/C1=N/c1cc2c(s1)-c1cc3c(cc1C(C(=O)OCc1ccccc1)(C(=O)OCc1ccccc1)O2)-c1sc(/N=C2/C(=O)N(C(=O)OCc4ccccc4)C(=O)C(C#N)=C2C)cc1OC3(C(=O)OCc1ccccc1)C(=O)OCc1ccccc1. The summed E-state index contributed by atoms with van der Waals surface area (Å²) < 4.78 is 48.9. The molecule has 0 N–H and O–H groups in total. The predicted molar refractivity (Wildman–Crippen MR) is 370 cm³/mol. The Kier molecular flexibility index (Phi) is 19.4. The number of hydrogen-bond acceptors (Lipinski definition) is 24. The van der Waals surface area contributed by atoms with Gasteiger partial charge in [-0.2, -0.15) is 20.3 Å². The summed E-state index contributed by atoms with van der Waals surface area (Å²) in [6.45, 7) is -0.0763. The second-order valence-corrected chi connectivity index (χ2v) is 25.5. The molecule has 514 valence electrons. The maximum Gasteiger partial charge on any atom is 0.424 e. The first-order valence-electron chi connectivity index (χ1n) is 31.7. The highest BCUT2D eigenvalue weighted by molar-refractivity contribution is 7.20. The van der Waals surface area contributed by atoms with Gasteiger partial charge in [0, 0.05) is 45.5 Å². The van der Waals surface area contributed by atoms with E-state index < -0.39 is 120 Å². The van der Waals surface area contributed by atoms with E-state index in [1.165, 1.54) is 38.1 Å². The summed E-state index contributed by atoms with van der Waals surface area (Å²) in [5.41, 5.74) is -7.34. The number of nitrogens with zero attached hydrogens (tertiary/aromatic N) is 6. The van der Waals surface area contributed by atoms with Crippen LogP contribution >= 0.6 is 22.7 Å². The molecule has 0 atom stereocenters. The molecule has 6 amide bonds. The molecule has 6 heterocycles. The number of rotatable bonds is 18. The summed E-state index contributed by atoms with van der Waals surface area (Å²) in [5.74, 6) is -11.3. The minimum absolute atomic E-state index is 0.0221. The summed E-state index contributed by atoms with van der Waals surface area (Å²) in [7, 11) is 0. The number of hydrogen-bond donors (Lipinski definition) is 0. The van der Waals surface area contributed by atoms with E-state index in [2.05, 4.69) is 9.98 Å². The van der Waals surface area contributed by atoms with Gasteiger partial charge in [-0.25, -0.2) is 38.8 Å². The zero-order chi connectivity index (χ0) is 72.8. The lowest BCUT2D eigenvalue weighted by molar-refractivity contribution is -0.185. The standard InChI is InChI=1S/C78H52N6O18S2/c1-45-55(37-79)67(85)83(75(93)99-43-51-29-17-7-18-30-51)69(87)63(45)81-61-35-59-65(103-61)53-33-58-54(34-57(53)77(101-59,71(89)95-39-47-21-9-3-10-22-47)72(90)96-40-48-23-11-4-12-24-48)66-60(102-78(58,73(91)97-41-49-25-13-5-14-26-49)74(92)98-42-50-27-15-6-16-28-50)36-62(104-66)82-64-46(2)56(38-80)68(86)84(70(64)88)76(94)100-44-52-31-19-8-20-32-52/h3-36H,39-44H2,1-2H3/b81-63+,82-64+. The van der Waals surface area contributed by atoms with E-state index in [4.69, 9.17) is 37.9 Å². The lowest BCUT2D eigenvalue weighted by Crippen LogP contribution is -2.54. The van der Waals surface area contributed by atoms with E-state index in [-0.39, 0.29) is 87.7 Å². The van der Waals surface area contributed by atoms with Gasteiger partial charge >= 0.3 is 47.3 Å². The van der Waals surface area contributed by atoms with Crippen molar-refractivity contribution in [2.24, 2.45) is 9.98 Å². The Balaban J connectivity index is 1.04. The average Bonchev–Trinajstić information content (AvgIpc) is 1.22. The van der Waals surface area contributed by atoms with Gasteiger partial charge in [-0.15, -0.1) is 22.7 Å². The number of esters is 4. The van der Waals surface area contributed by atoms with Crippen molar-refractivity contribution in [3.05, 3.63) is 273 Å². The van der Waals surface area contributed by atoms with Crippen molar-refractivity contribution in [3.8, 4) is 44.5 Å². The molecule has 0 unspecified atom stereocenters. The fourth-order valence-corrected chi connectivity index (χ4v) is 13.6. The third kappa shape index (κ3) is 13.2. The van der Waals surface area contributed by atoms with Gasteiger partial charge in [0.15, 0.2) is 0 Å². The molecule has 26 heteroatoms. The van der Waals surface area contributed by atoms with Crippen molar-refractivity contribution in [1.29, 1.82) is 10.5 Å². The Morgan fingerprint density at radius 2 is 0.654 bits per heavy atom. The number of benzene rings is 7. The Hall–Kier alpha value is -13.6. The molecule has 0 saturated heterocycles. The lowest BCUT2D eigenvalue weighted by atomic mass is 9.78. The van der Waals surface area contributed by atoms with Crippen LogP contribution in [0.4, 0.5) is 19.6 Å². The number of imide groups is 6. The normalized spacial score (nSPS) is 15.4. The Labute approximate surface area is 599 Å². The molecule has 0 bridgehead atoms. The molecular formula is C78H52N6O18S2. The number of aliphatic imine (C=N–C) groups is 2. The maximum atomic E-state index is 15.9. The van der Waals surface area contributed by atoms with Crippen molar-refractivity contribution in [3.63, 3.8) is 0 Å². The van der Waals surface area contributed by atoms with Gasteiger partial charge in [-0.3, -0.25) is 19.2 Å². The van der Waals surface area contributed by atoms with Crippen molar-refractivity contribution in [2.45, 2.75) is 64.7 Å². The highest BCUT2D eigenvalue weighted by atomic mass is 32.1. The molecule has 24 nitrogen and oxygen atoms in total. The molecule has 4 aliphatic rings. The van der Waals surface area contributed by atoms with Crippen LogP contribution in [0.25, 0.3) is 20.9 Å². The molecular weight excluding hydrogens is 1370 g/mol. The Morgan fingerprint density at radius 1 is 0.394 bits per heavy atom. The van der Waals surface area contributed by atoms with Crippen molar-refractivity contribution >= 4 is 104 Å². The molecule has 104 heavy (non-hydrogen) atoms. The number of ether oxygens (including phenoxy) is 8. The monoisotopic (exact) mass is 1420 g/mol. The number of fused-ring (bicyclic) bond motifs is 6. The molecule has 0 fully saturated rings. The molecule has 2 aromatic heterocycles. The van der Waals surface area contributed by atoms with Crippen LogP contribution in [0.5, 0.6) is 11.5 Å². The number of amides is 6. The highest BCUT2D eigenvalue weighted by Crippen LogP contribution is 2.59. The van der Waals surface area contributed by atoms with Crippen molar-refractivity contribution in [2.75, 3.05) is 0 Å². The first-order valence-corrected chi connectivity index (χ1v) is 33.3. The van der Waals surface area contributed by atoms with Crippen LogP contribution in [0.2, 0.25) is 0 Å². The molecule has 9 aromatic rings. The average molecular weight is 1430 g/mol. The van der Waals surface area contributed by atoms with Gasteiger partial charge in [-0.1, -0.05) is 182 Å². The first-order chi connectivity index (χ1) is 50.4. The molecule has 7 aromatic carbocycles. The van der Waals surface area contributed by atoms with Gasteiger partial charge in [0.25, 0.3) is 23.6 Å². The quantitative estimate of drug-likeness (QED) is 0.0333. The minimum Gasteiger partial charge on any atom is -0.458 e. The predicted octanol–water partition coefficient (Wildman–Crippen LogP) is 12.5. The molecule has 0 radical (unpaired) electrons. The van der Waals surface area contributed by atoms with E-state index >= 15 is 19.2 Å². The van der Waals surface area contributed by atoms with Gasteiger partial charge < -0.3 is 37.9 Å². The fraction of sp³-hybridized carbons (Fsp3) is 0.128. The fourth-order valence-electron chi connectivity index (χ4n) is 11.6. The second kappa shape index (κ2) is 29.3. The van der Waals surface area contributed by atoms with E-state index in [9.17, 15) is 39.3 Å². The van der Waals surface area contributed by atoms with Gasteiger partial charge in [0.2, 0.25) is 0 Å². The van der Waals surface area contributed by atoms with Crippen molar-refractivity contribution < 1.29 is 85.8 Å². The van der Waals surface area contributed by atoms with Gasteiger partial charge in [-0.05, 0) is 59.4 Å². The van der Waals surface area contributed by atoms with Crippen molar-refractivity contribution in [1.82, 2.24) is 9.80 Å². The zero-order valence-electron chi connectivity index (χ0n) is 54.7. The number of carbonyl (C=O) groups excluding carboxylic acids is 10. The molecule has 4 aliphatic heterocycles. The van der Waals surface area contributed by atoms with Crippen LogP contribution in [0, 0.1) is 22.7 Å². The smallest absolute Gasteiger partial charge is 0.424 e. The number of nitriles is 2. The summed E-state index contributed by atoms with van der Waals surface area (Å²) in [5, 5.41) is 20.4. The summed E-state index contributed by atoms with van der Waals surface area (Å²) in [6.07, 6.45) is -2.85. The maximum absolute atomic E-state index is 15.9. The van der Waals surface area contributed by atoms with Crippen LogP contribution in [0.3, 0.4) is 0 Å². The Bertz CT molecular complexity index is 4820. The van der Waals surface area contributed by atoms with Crippen LogP contribution in [0.1, 0.15) is 58.4 Å². The minimum atomic E-state index is -3.07. The second-order valence-electron chi connectivity index (χ2n) is 23.4. The van der Waals surface area contributed by atoms with E-state index in [1.54, 1.807) is 194 Å². The van der Waals surface area contributed by atoms with Crippen LogP contribution < -0.4 is 9.47 Å². The van der Waals surface area contributed by atoms with Crippen LogP contribution in [0.15, 0.2) is 239 Å². The van der Waals surface area contributed by atoms with Gasteiger partial charge in [0.1, 0.15) is 95.9 Å². The van der Waals surface area contributed by atoms with E-state index in [0.29, 0.717) is 33.4 Å². The molecule has 0 saturated carbocycles.